The molecule has 80 valence electrons. The van der Waals surface area contributed by atoms with E-state index in [1.54, 1.807) is 6.08 Å². The molecule has 2 nitrogen and oxygen atoms in total. The first-order chi connectivity index (χ1) is 7.33. The van der Waals surface area contributed by atoms with Crippen molar-refractivity contribution in [2.24, 2.45) is 0 Å². The van der Waals surface area contributed by atoms with E-state index in [9.17, 15) is 0 Å². The van der Waals surface area contributed by atoms with E-state index in [1.165, 1.54) is 0 Å². The summed E-state index contributed by atoms with van der Waals surface area (Å²) in [6.45, 7) is 9.65. The van der Waals surface area contributed by atoms with Gasteiger partial charge in [0, 0.05) is 17.5 Å². The van der Waals surface area contributed by atoms with Gasteiger partial charge in [0.2, 0.25) is 0 Å². The number of nitrogens with zero attached hydrogens (tertiary/aromatic N) is 1. The smallest absolute Gasteiger partial charge is 0.0670 e. The molecule has 1 aromatic rings. The summed E-state index contributed by atoms with van der Waals surface area (Å²) in [7, 11) is 0. The van der Waals surface area contributed by atoms with Gasteiger partial charge in [-0.05, 0) is 18.6 Å². The molecule has 2 heteroatoms. The minimum atomic E-state index is 0.435. The molecule has 0 radical (unpaired) electrons. The molecule has 0 spiro atoms. The number of aromatic nitrogens is 1. The van der Waals surface area contributed by atoms with Crippen LogP contribution in [0.15, 0.2) is 18.9 Å². The molecule has 1 N–H and O–H groups in total. The lowest BCUT2D eigenvalue weighted by Crippen LogP contribution is -1.82. The maximum absolute atomic E-state index is 8.58. The lowest BCUT2D eigenvalue weighted by molar-refractivity contribution is 1.26. The zero-order valence-corrected chi connectivity index (χ0v) is 9.67. The summed E-state index contributed by atoms with van der Waals surface area (Å²) in [6, 6.07) is 2.13. The van der Waals surface area contributed by atoms with Gasteiger partial charge in [-0.15, -0.1) is 0 Å². The molecule has 0 atom stereocenters. The number of hydrogen-bond donors (Lipinski definition) is 1. The van der Waals surface area contributed by atoms with Gasteiger partial charge in [0.25, 0.3) is 0 Å². The van der Waals surface area contributed by atoms with Gasteiger partial charge in [-0.2, -0.15) is 5.26 Å². The van der Waals surface area contributed by atoms with Gasteiger partial charge in [0.15, 0.2) is 0 Å². The van der Waals surface area contributed by atoms with Gasteiger partial charge >= 0.3 is 0 Å². The van der Waals surface area contributed by atoms with Crippen LogP contribution in [0.25, 0.3) is 12.2 Å². The Morgan fingerprint density at radius 3 is 2.67 bits per heavy atom. The number of nitriles is 1. The molecule has 0 unspecified atom stereocenters. The molecule has 0 fully saturated rings. The number of aromatic amines is 1. The van der Waals surface area contributed by atoms with Crippen LogP contribution in [0.5, 0.6) is 0 Å². The Kier molecular flexibility index (Phi) is 6.74. The van der Waals surface area contributed by atoms with Crippen molar-refractivity contribution in [1.82, 2.24) is 4.98 Å². The highest BCUT2D eigenvalue weighted by Gasteiger charge is 2.04. The highest BCUT2D eigenvalue weighted by molar-refractivity contribution is 5.65. The average molecular weight is 202 g/mol. The molecule has 0 aliphatic rings. The average Bonchev–Trinajstić information content (AvgIpc) is 2.65. The summed E-state index contributed by atoms with van der Waals surface area (Å²) in [4.78, 5) is 3.07. The second-order valence-corrected chi connectivity index (χ2v) is 2.68. The van der Waals surface area contributed by atoms with Gasteiger partial charge in [-0.3, -0.25) is 0 Å². The van der Waals surface area contributed by atoms with E-state index in [-0.39, 0.29) is 0 Å². The van der Waals surface area contributed by atoms with Gasteiger partial charge in [0.1, 0.15) is 0 Å². The van der Waals surface area contributed by atoms with Crippen molar-refractivity contribution in [2.45, 2.75) is 27.2 Å². The van der Waals surface area contributed by atoms with Crippen molar-refractivity contribution in [3.63, 3.8) is 0 Å². The standard InChI is InChI=1S/C11H12N2.C2H6/c1-3-5-10-9(6-7-12)8-13-11(10)4-2;1-2/h3-5,8,13H,2,6H2,1H3;1-2H3/b5-3-;. The van der Waals surface area contributed by atoms with Gasteiger partial charge in [-0.1, -0.05) is 32.6 Å². The molecule has 0 saturated heterocycles. The highest BCUT2D eigenvalue weighted by Crippen LogP contribution is 2.17. The molecule has 1 rings (SSSR count). The highest BCUT2D eigenvalue weighted by atomic mass is 14.7. The van der Waals surface area contributed by atoms with E-state index in [0.29, 0.717) is 6.42 Å². The predicted molar refractivity (Wildman–Crippen MR) is 66.3 cm³/mol. The lowest BCUT2D eigenvalue weighted by Gasteiger charge is -1.94. The molecular formula is C13H18N2. The number of hydrogen-bond acceptors (Lipinski definition) is 1. The van der Waals surface area contributed by atoms with Gasteiger partial charge < -0.3 is 4.98 Å². The van der Waals surface area contributed by atoms with Crippen molar-refractivity contribution in [2.75, 3.05) is 0 Å². The maximum Gasteiger partial charge on any atom is 0.0670 e. The van der Waals surface area contributed by atoms with Crippen LogP contribution in [0.3, 0.4) is 0 Å². The topological polar surface area (TPSA) is 39.6 Å². The molecule has 0 aliphatic carbocycles. The molecule has 0 amide bonds. The monoisotopic (exact) mass is 202 g/mol. The first-order valence-corrected chi connectivity index (χ1v) is 5.15. The normalized spacial score (nSPS) is 9.20. The number of H-pyrrole nitrogens is 1. The zero-order valence-electron chi connectivity index (χ0n) is 9.67. The van der Waals surface area contributed by atoms with Crippen LogP contribution in [-0.4, -0.2) is 4.98 Å². The van der Waals surface area contributed by atoms with Crippen molar-refractivity contribution in [1.29, 1.82) is 5.26 Å². The van der Waals surface area contributed by atoms with Crippen LogP contribution < -0.4 is 0 Å². The third-order valence-corrected chi connectivity index (χ3v) is 1.84. The number of rotatable bonds is 3. The summed E-state index contributed by atoms with van der Waals surface area (Å²) in [5.41, 5.74) is 3.07. The van der Waals surface area contributed by atoms with E-state index in [0.717, 1.165) is 16.8 Å². The Bertz CT molecular complexity index is 364. The van der Waals surface area contributed by atoms with Crippen LogP contribution in [-0.2, 0) is 6.42 Å². The van der Waals surface area contributed by atoms with E-state index in [1.807, 2.05) is 39.1 Å². The lowest BCUT2D eigenvalue weighted by atomic mass is 10.1. The Morgan fingerprint density at radius 1 is 1.53 bits per heavy atom. The van der Waals surface area contributed by atoms with E-state index >= 15 is 0 Å². The van der Waals surface area contributed by atoms with Crippen LogP contribution in [0.4, 0.5) is 0 Å². The Balaban J connectivity index is 0.000000921. The van der Waals surface area contributed by atoms with Crippen molar-refractivity contribution >= 4 is 12.2 Å². The third kappa shape index (κ3) is 3.47. The fourth-order valence-electron chi connectivity index (χ4n) is 1.26. The molecule has 0 bridgehead atoms. The van der Waals surface area contributed by atoms with E-state index < -0.39 is 0 Å². The number of nitrogens with one attached hydrogen (secondary N) is 1. The van der Waals surface area contributed by atoms with Crippen molar-refractivity contribution in [3.05, 3.63) is 35.7 Å². The Morgan fingerprint density at radius 2 is 2.20 bits per heavy atom. The second kappa shape index (κ2) is 7.64. The SMILES string of the molecule is C=Cc1[nH]cc(CC#N)c1/C=C\C.CC. The van der Waals surface area contributed by atoms with Gasteiger partial charge in [-0.25, -0.2) is 0 Å². The first kappa shape index (κ1) is 13.2. The third-order valence-electron chi connectivity index (χ3n) is 1.84. The minimum Gasteiger partial charge on any atom is -0.361 e. The molecule has 0 aliphatic heterocycles. The summed E-state index contributed by atoms with van der Waals surface area (Å²) in [5.74, 6) is 0. The Hall–Kier alpha value is -1.75. The quantitative estimate of drug-likeness (QED) is 0.796. The molecule has 15 heavy (non-hydrogen) atoms. The fraction of sp³-hybridized carbons (Fsp3) is 0.308. The van der Waals surface area contributed by atoms with E-state index in [2.05, 4.69) is 17.6 Å². The Labute approximate surface area is 91.9 Å². The molecule has 0 saturated carbocycles. The van der Waals surface area contributed by atoms with Crippen LogP contribution in [0.1, 0.15) is 37.6 Å². The predicted octanol–water partition coefficient (Wildman–Crippen LogP) is 3.78. The molecular weight excluding hydrogens is 184 g/mol. The largest absolute Gasteiger partial charge is 0.361 e. The van der Waals surface area contributed by atoms with Crippen molar-refractivity contribution in [3.8, 4) is 6.07 Å². The van der Waals surface area contributed by atoms with E-state index in [4.69, 9.17) is 5.26 Å². The number of allylic oxidation sites excluding steroid dienone is 1. The molecule has 0 aromatic carbocycles. The fourth-order valence-corrected chi connectivity index (χ4v) is 1.26. The van der Waals surface area contributed by atoms with Crippen LogP contribution in [0, 0.1) is 11.3 Å². The molecule has 1 heterocycles. The second-order valence-electron chi connectivity index (χ2n) is 2.68. The van der Waals surface area contributed by atoms with Crippen LogP contribution >= 0.6 is 0 Å². The summed E-state index contributed by atoms with van der Waals surface area (Å²) < 4.78 is 0. The zero-order chi connectivity index (χ0) is 11.7. The summed E-state index contributed by atoms with van der Waals surface area (Å²) in [5, 5.41) is 8.58. The summed E-state index contributed by atoms with van der Waals surface area (Å²) >= 11 is 0. The minimum absolute atomic E-state index is 0.435. The summed E-state index contributed by atoms with van der Waals surface area (Å²) in [6.07, 6.45) is 7.99. The molecule has 1 aromatic heterocycles. The maximum atomic E-state index is 8.58. The van der Waals surface area contributed by atoms with Crippen molar-refractivity contribution < 1.29 is 0 Å². The first-order valence-electron chi connectivity index (χ1n) is 5.15. The van der Waals surface area contributed by atoms with Crippen LogP contribution in [0.2, 0.25) is 0 Å². The van der Waals surface area contributed by atoms with Gasteiger partial charge in [0.05, 0.1) is 12.5 Å².